The fourth-order valence-corrected chi connectivity index (χ4v) is 3.95. The zero-order valence-electron chi connectivity index (χ0n) is 13.9. The summed E-state index contributed by atoms with van der Waals surface area (Å²) in [6, 6.07) is 4.08. The number of halogens is 2. The third kappa shape index (κ3) is 6.69. The standard InChI is InChI=1S/C14H22N4O4S.2ClH/c1-12-13(18(19)20)4-2-5-14(12)23(21,22)16-6-3-9-17-10-7-15-8-11-17;;/h2,4-5,15-16H,3,6-11H2,1H3;2*1H. The smallest absolute Gasteiger partial charge is 0.273 e. The molecule has 1 saturated heterocycles. The average molecular weight is 415 g/mol. The van der Waals surface area contributed by atoms with Gasteiger partial charge in [-0.25, -0.2) is 13.1 Å². The molecule has 2 rings (SSSR count). The van der Waals surface area contributed by atoms with Crippen LogP contribution in [-0.4, -0.2) is 57.5 Å². The molecule has 144 valence electrons. The highest BCUT2D eigenvalue weighted by Gasteiger charge is 2.22. The summed E-state index contributed by atoms with van der Waals surface area (Å²) in [5, 5.41) is 14.2. The molecule has 11 heteroatoms. The van der Waals surface area contributed by atoms with Crippen LogP contribution in [0.1, 0.15) is 12.0 Å². The molecule has 0 atom stereocenters. The number of nitro groups is 1. The lowest BCUT2D eigenvalue weighted by atomic mass is 10.2. The topological polar surface area (TPSA) is 105 Å². The zero-order chi connectivity index (χ0) is 16.9. The molecule has 1 aliphatic rings. The predicted molar refractivity (Wildman–Crippen MR) is 101 cm³/mol. The van der Waals surface area contributed by atoms with Crippen molar-refractivity contribution < 1.29 is 13.3 Å². The first-order valence-electron chi connectivity index (χ1n) is 7.58. The molecule has 0 bridgehead atoms. The number of hydrogen-bond acceptors (Lipinski definition) is 6. The second kappa shape index (κ2) is 10.9. The van der Waals surface area contributed by atoms with Crippen LogP contribution < -0.4 is 10.0 Å². The first-order valence-corrected chi connectivity index (χ1v) is 9.07. The lowest BCUT2D eigenvalue weighted by Gasteiger charge is -2.27. The Morgan fingerprint density at radius 1 is 1.28 bits per heavy atom. The highest BCUT2D eigenvalue weighted by Crippen LogP contribution is 2.24. The second-order valence-corrected chi connectivity index (χ2v) is 7.24. The van der Waals surface area contributed by atoms with Gasteiger partial charge >= 0.3 is 0 Å². The van der Waals surface area contributed by atoms with E-state index in [0.717, 1.165) is 32.7 Å². The van der Waals surface area contributed by atoms with Crippen LogP contribution in [0.25, 0.3) is 0 Å². The number of nitrogens with zero attached hydrogens (tertiary/aromatic N) is 2. The molecule has 0 amide bonds. The highest BCUT2D eigenvalue weighted by atomic mass is 35.5. The van der Waals surface area contributed by atoms with Crippen molar-refractivity contribution >= 4 is 40.5 Å². The Labute approximate surface area is 160 Å². The summed E-state index contributed by atoms with van der Waals surface area (Å²) in [4.78, 5) is 12.6. The van der Waals surface area contributed by atoms with E-state index in [2.05, 4.69) is 14.9 Å². The van der Waals surface area contributed by atoms with Gasteiger partial charge in [0, 0.05) is 44.4 Å². The van der Waals surface area contributed by atoms with Gasteiger partial charge < -0.3 is 10.2 Å². The number of sulfonamides is 1. The molecular formula is C14H24Cl2N4O4S. The third-order valence-electron chi connectivity index (χ3n) is 3.89. The van der Waals surface area contributed by atoms with Crippen LogP contribution in [0, 0.1) is 17.0 Å². The zero-order valence-corrected chi connectivity index (χ0v) is 16.4. The summed E-state index contributed by atoms with van der Waals surface area (Å²) < 4.78 is 27.2. The molecule has 25 heavy (non-hydrogen) atoms. The van der Waals surface area contributed by atoms with Crippen molar-refractivity contribution in [2.24, 2.45) is 0 Å². The van der Waals surface area contributed by atoms with E-state index in [1.165, 1.54) is 25.1 Å². The van der Waals surface area contributed by atoms with Gasteiger partial charge in [-0.1, -0.05) is 6.07 Å². The monoisotopic (exact) mass is 414 g/mol. The van der Waals surface area contributed by atoms with Crippen LogP contribution in [0.4, 0.5) is 5.69 Å². The van der Waals surface area contributed by atoms with Crippen LogP contribution in [0.3, 0.4) is 0 Å². The van der Waals surface area contributed by atoms with Crippen molar-refractivity contribution in [1.29, 1.82) is 0 Å². The molecule has 0 saturated carbocycles. The van der Waals surface area contributed by atoms with Crippen molar-refractivity contribution in [3.8, 4) is 0 Å². The van der Waals surface area contributed by atoms with Gasteiger partial charge in [0.15, 0.2) is 0 Å². The number of benzene rings is 1. The second-order valence-electron chi connectivity index (χ2n) is 5.50. The molecule has 1 fully saturated rings. The molecule has 0 spiro atoms. The van der Waals surface area contributed by atoms with Gasteiger partial charge in [-0.3, -0.25) is 10.1 Å². The lowest BCUT2D eigenvalue weighted by Crippen LogP contribution is -2.44. The van der Waals surface area contributed by atoms with Crippen molar-refractivity contribution in [3.05, 3.63) is 33.9 Å². The minimum atomic E-state index is -3.74. The normalized spacial score (nSPS) is 15.1. The Morgan fingerprint density at radius 2 is 1.92 bits per heavy atom. The van der Waals surface area contributed by atoms with E-state index in [4.69, 9.17) is 0 Å². The molecule has 1 aromatic rings. The Bertz CT molecular complexity index is 667. The molecule has 8 nitrogen and oxygen atoms in total. The largest absolute Gasteiger partial charge is 0.314 e. The van der Waals surface area contributed by atoms with Gasteiger partial charge in [0.05, 0.1) is 9.82 Å². The predicted octanol–water partition coefficient (Wildman–Crippen LogP) is 1.32. The van der Waals surface area contributed by atoms with Gasteiger partial charge in [-0.15, -0.1) is 24.8 Å². The summed E-state index contributed by atoms with van der Waals surface area (Å²) in [5.41, 5.74) is -0.0270. The van der Waals surface area contributed by atoms with Gasteiger partial charge in [0.2, 0.25) is 10.0 Å². The summed E-state index contributed by atoms with van der Waals surface area (Å²) >= 11 is 0. The number of rotatable bonds is 7. The van der Waals surface area contributed by atoms with Gasteiger partial charge in [-0.2, -0.15) is 0 Å². The van der Waals surface area contributed by atoms with Crippen LogP contribution >= 0.6 is 24.8 Å². The van der Waals surface area contributed by atoms with Crippen LogP contribution in [0.15, 0.2) is 23.1 Å². The van der Waals surface area contributed by atoms with Crippen molar-refractivity contribution in [3.63, 3.8) is 0 Å². The maximum Gasteiger partial charge on any atom is 0.273 e. The number of hydrogen-bond donors (Lipinski definition) is 2. The first-order chi connectivity index (χ1) is 10.9. The van der Waals surface area contributed by atoms with Crippen molar-refractivity contribution in [1.82, 2.24) is 14.9 Å². The minimum Gasteiger partial charge on any atom is -0.314 e. The molecule has 1 aliphatic heterocycles. The summed E-state index contributed by atoms with van der Waals surface area (Å²) in [6.07, 6.45) is 0.702. The van der Waals surface area contributed by atoms with Gasteiger partial charge in [-0.05, 0) is 26.0 Å². The highest BCUT2D eigenvalue weighted by molar-refractivity contribution is 7.89. The molecule has 0 aromatic heterocycles. The molecule has 1 aromatic carbocycles. The van der Waals surface area contributed by atoms with E-state index in [1.807, 2.05) is 0 Å². The van der Waals surface area contributed by atoms with Crippen molar-refractivity contribution in [2.45, 2.75) is 18.2 Å². The number of nitro benzene ring substituents is 1. The maximum atomic E-state index is 12.3. The molecular weight excluding hydrogens is 391 g/mol. The molecule has 2 N–H and O–H groups in total. The average Bonchev–Trinajstić information content (AvgIpc) is 2.52. The van der Waals surface area contributed by atoms with Crippen molar-refractivity contribution in [2.75, 3.05) is 39.3 Å². The van der Waals surface area contributed by atoms with Crippen LogP contribution in [-0.2, 0) is 10.0 Å². The fourth-order valence-electron chi connectivity index (χ4n) is 2.61. The molecule has 0 aliphatic carbocycles. The van der Waals surface area contributed by atoms with Crippen LogP contribution in [0.5, 0.6) is 0 Å². The minimum absolute atomic E-state index is 0. The van der Waals surface area contributed by atoms with E-state index in [-0.39, 0.29) is 41.0 Å². The number of nitrogens with one attached hydrogen (secondary N) is 2. The Kier molecular flexibility index (Phi) is 10.5. The Hall–Kier alpha value is -0.970. The summed E-state index contributed by atoms with van der Waals surface area (Å²) in [5.74, 6) is 0. The maximum absolute atomic E-state index is 12.3. The van der Waals surface area contributed by atoms with Gasteiger partial charge in [0.25, 0.3) is 5.69 Å². The summed E-state index contributed by atoms with van der Waals surface area (Å²) in [6.45, 7) is 6.45. The van der Waals surface area contributed by atoms with Crippen LogP contribution in [0.2, 0.25) is 0 Å². The lowest BCUT2D eigenvalue weighted by molar-refractivity contribution is -0.385. The van der Waals surface area contributed by atoms with E-state index in [0.29, 0.717) is 13.0 Å². The van der Waals surface area contributed by atoms with E-state index in [1.54, 1.807) is 0 Å². The summed E-state index contributed by atoms with van der Waals surface area (Å²) in [7, 11) is -3.74. The SMILES string of the molecule is Cc1c([N+](=O)[O-])cccc1S(=O)(=O)NCCCN1CCNCC1.Cl.Cl. The number of piperazine rings is 1. The van der Waals surface area contributed by atoms with Gasteiger partial charge in [0.1, 0.15) is 0 Å². The quantitative estimate of drug-likeness (QED) is 0.396. The first kappa shape index (κ1) is 24.0. The molecule has 0 unspecified atom stereocenters. The van der Waals surface area contributed by atoms with E-state index < -0.39 is 14.9 Å². The Morgan fingerprint density at radius 3 is 2.52 bits per heavy atom. The van der Waals surface area contributed by atoms with E-state index in [9.17, 15) is 18.5 Å². The van der Waals surface area contributed by atoms with E-state index >= 15 is 0 Å². The Balaban J connectivity index is 0.00000288. The molecule has 0 radical (unpaired) electrons. The third-order valence-corrected chi connectivity index (χ3v) is 5.50. The fraction of sp³-hybridized carbons (Fsp3) is 0.571. The molecule has 1 heterocycles.